The monoisotopic (exact) mass is 522 g/mol. The number of benzene rings is 1. The van der Waals surface area contributed by atoms with E-state index in [9.17, 15) is 4.79 Å². The van der Waals surface area contributed by atoms with Crippen molar-refractivity contribution in [2.45, 2.75) is 103 Å². The van der Waals surface area contributed by atoms with Crippen LogP contribution in [-0.4, -0.2) is 58.7 Å². The first-order chi connectivity index (χ1) is 16.8. The van der Waals surface area contributed by atoms with E-state index in [1.54, 1.807) is 13.2 Å². The molecule has 1 heterocycles. The van der Waals surface area contributed by atoms with Crippen molar-refractivity contribution < 1.29 is 32.9 Å². The number of hydrogen-bond donors (Lipinski definition) is 0. The number of carbonyl (C=O) groups is 1. The minimum Gasteiger partial charge on any atom is -0.497 e. The number of carbonyl (C=O) groups excluding carboxylic acids is 1. The normalized spacial score (nSPS) is 25.8. The highest BCUT2D eigenvalue weighted by atomic mass is 28.4. The molecule has 6 atom stereocenters. The van der Waals surface area contributed by atoms with Gasteiger partial charge in [-0.25, -0.2) is 0 Å². The summed E-state index contributed by atoms with van der Waals surface area (Å²) >= 11 is 0. The molecular weight excluding hydrogens is 476 g/mol. The average Bonchev–Trinajstić information content (AvgIpc) is 2.83. The van der Waals surface area contributed by atoms with Gasteiger partial charge in [0, 0.05) is 0 Å². The minimum absolute atomic E-state index is 0.0215. The zero-order valence-corrected chi connectivity index (χ0v) is 24.5. The molecule has 1 aliphatic heterocycles. The van der Waals surface area contributed by atoms with E-state index < -0.39 is 32.9 Å². The molecule has 1 saturated heterocycles. The van der Waals surface area contributed by atoms with Crippen molar-refractivity contribution in [3.63, 3.8) is 0 Å². The first-order valence-electron chi connectivity index (χ1n) is 12.8. The second-order valence-electron chi connectivity index (χ2n) is 11.0. The van der Waals surface area contributed by atoms with Gasteiger partial charge in [-0.1, -0.05) is 52.8 Å². The molecule has 36 heavy (non-hydrogen) atoms. The van der Waals surface area contributed by atoms with Gasteiger partial charge in [-0.05, 0) is 49.2 Å². The lowest BCUT2D eigenvalue weighted by molar-refractivity contribution is -0.301. The lowest BCUT2D eigenvalue weighted by atomic mass is 9.98. The van der Waals surface area contributed by atoms with Crippen molar-refractivity contribution in [2.24, 2.45) is 5.92 Å². The van der Waals surface area contributed by atoms with Gasteiger partial charge in [0.15, 0.2) is 20.7 Å². The van der Waals surface area contributed by atoms with Crippen LogP contribution in [0.2, 0.25) is 18.1 Å². The Bertz CT molecular complexity index is 833. The molecule has 7 nitrogen and oxygen atoms in total. The van der Waals surface area contributed by atoms with Crippen molar-refractivity contribution in [1.29, 1.82) is 0 Å². The molecule has 0 saturated carbocycles. The summed E-state index contributed by atoms with van der Waals surface area (Å²) in [6, 6.07) is 7.70. The van der Waals surface area contributed by atoms with Gasteiger partial charge in [-0.15, -0.1) is 6.58 Å². The van der Waals surface area contributed by atoms with Crippen LogP contribution in [0.25, 0.3) is 0 Å². The summed E-state index contributed by atoms with van der Waals surface area (Å²) in [5, 5.41) is -0.0215. The SMILES string of the molecule is C=CCO[C@@H]1O[C@@H](C)[C@H](O[Si](C)(C)C(C)(C)C)[C@@H](OCc2ccc(OC)cc2)[C@H]1OC(=O)[C@@H](C)CC. The van der Waals surface area contributed by atoms with Gasteiger partial charge >= 0.3 is 5.97 Å². The van der Waals surface area contributed by atoms with Crippen LogP contribution >= 0.6 is 0 Å². The number of hydrogen-bond acceptors (Lipinski definition) is 7. The van der Waals surface area contributed by atoms with Gasteiger partial charge < -0.3 is 28.1 Å². The molecule has 2 rings (SSSR count). The number of esters is 1. The van der Waals surface area contributed by atoms with Gasteiger partial charge in [-0.3, -0.25) is 4.79 Å². The standard InChI is InChI=1S/C28H46O7Si/c1-11-17-31-27-25(34-26(29)19(3)12-2)24(32-18-21-13-15-22(30-8)16-14-21)23(20(4)33-27)35-36(9,10)28(5,6)7/h11,13-16,19-20,23-25,27H,1,12,17-18H2,2-10H3/t19-,20-,23-,24+,25+,27+/m0/s1. The van der Waals surface area contributed by atoms with E-state index in [1.165, 1.54) is 0 Å². The van der Waals surface area contributed by atoms with Crippen molar-refractivity contribution in [1.82, 2.24) is 0 Å². The molecule has 1 fully saturated rings. The number of methoxy groups -OCH3 is 1. The van der Waals surface area contributed by atoms with E-state index in [0.29, 0.717) is 13.0 Å². The second-order valence-corrected chi connectivity index (χ2v) is 15.8. The van der Waals surface area contributed by atoms with E-state index in [1.807, 2.05) is 45.0 Å². The predicted octanol–water partition coefficient (Wildman–Crippen LogP) is 5.88. The van der Waals surface area contributed by atoms with Crippen molar-refractivity contribution in [3.05, 3.63) is 42.5 Å². The van der Waals surface area contributed by atoms with Gasteiger partial charge in [0.25, 0.3) is 0 Å². The third kappa shape index (κ3) is 7.89. The molecule has 0 unspecified atom stereocenters. The van der Waals surface area contributed by atoms with Gasteiger partial charge in [0.2, 0.25) is 0 Å². The van der Waals surface area contributed by atoms with Crippen LogP contribution in [0.1, 0.15) is 53.5 Å². The smallest absolute Gasteiger partial charge is 0.309 e. The fourth-order valence-corrected chi connectivity index (χ4v) is 4.96. The molecule has 0 N–H and O–H groups in total. The highest BCUT2D eigenvalue weighted by molar-refractivity contribution is 6.74. The van der Waals surface area contributed by atoms with E-state index in [0.717, 1.165) is 11.3 Å². The first-order valence-corrected chi connectivity index (χ1v) is 15.8. The molecule has 1 aromatic rings. The first kappa shape index (κ1) is 30.5. The van der Waals surface area contributed by atoms with Gasteiger partial charge in [0.1, 0.15) is 18.0 Å². The summed E-state index contributed by atoms with van der Waals surface area (Å²) in [7, 11) is -0.580. The topological polar surface area (TPSA) is 72.5 Å². The van der Waals surface area contributed by atoms with Crippen LogP contribution in [0.4, 0.5) is 0 Å². The molecule has 0 bridgehead atoms. The summed E-state index contributed by atoms with van der Waals surface area (Å²) in [6.07, 6.45) is -0.652. The van der Waals surface area contributed by atoms with Crippen molar-refractivity contribution in [2.75, 3.05) is 13.7 Å². The largest absolute Gasteiger partial charge is 0.497 e. The third-order valence-corrected chi connectivity index (χ3v) is 11.7. The summed E-state index contributed by atoms with van der Waals surface area (Å²) < 4.78 is 36.9. The molecule has 1 aliphatic rings. The van der Waals surface area contributed by atoms with Crippen LogP contribution in [0.3, 0.4) is 0 Å². The van der Waals surface area contributed by atoms with E-state index in [4.69, 9.17) is 28.1 Å². The maximum absolute atomic E-state index is 12.9. The lowest BCUT2D eigenvalue weighted by Crippen LogP contribution is -2.63. The van der Waals surface area contributed by atoms with E-state index in [2.05, 4.69) is 40.4 Å². The second kappa shape index (κ2) is 13.2. The highest BCUT2D eigenvalue weighted by Crippen LogP contribution is 2.40. The van der Waals surface area contributed by atoms with Crippen LogP contribution < -0.4 is 4.74 Å². The van der Waals surface area contributed by atoms with Gasteiger partial charge in [0.05, 0.1) is 32.3 Å². The zero-order valence-electron chi connectivity index (χ0n) is 23.5. The Morgan fingerprint density at radius 2 is 1.78 bits per heavy atom. The quantitative estimate of drug-likeness (QED) is 0.193. The molecule has 0 aliphatic carbocycles. The molecule has 0 aromatic heterocycles. The molecular formula is C28H46O7Si. The summed E-state index contributed by atoms with van der Waals surface area (Å²) in [5.41, 5.74) is 0.969. The lowest BCUT2D eigenvalue weighted by Gasteiger charge is -2.49. The van der Waals surface area contributed by atoms with Crippen molar-refractivity contribution >= 4 is 14.3 Å². The van der Waals surface area contributed by atoms with Crippen molar-refractivity contribution in [3.8, 4) is 5.75 Å². The van der Waals surface area contributed by atoms with Crippen LogP contribution in [0.5, 0.6) is 5.75 Å². The molecule has 0 amide bonds. The van der Waals surface area contributed by atoms with Crippen LogP contribution in [0.15, 0.2) is 36.9 Å². The van der Waals surface area contributed by atoms with Crippen LogP contribution in [-0.2, 0) is 34.8 Å². The Morgan fingerprint density at radius 3 is 2.31 bits per heavy atom. The minimum atomic E-state index is -2.22. The Kier molecular flexibility index (Phi) is 11.2. The van der Waals surface area contributed by atoms with E-state index in [-0.39, 0.29) is 29.6 Å². The average molecular weight is 523 g/mol. The highest BCUT2D eigenvalue weighted by Gasteiger charge is 2.52. The third-order valence-electron chi connectivity index (χ3n) is 7.21. The Balaban J connectivity index is 2.43. The Labute approximate surface area is 218 Å². The summed E-state index contributed by atoms with van der Waals surface area (Å²) in [4.78, 5) is 12.9. The fourth-order valence-electron chi connectivity index (χ4n) is 3.60. The zero-order chi connectivity index (χ0) is 27.1. The van der Waals surface area contributed by atoms with Crippen LogP contribution in [0, 0.1) is 5.92 Å². The molecule has 8 heteroatoms. The Morgan fingerprint density at radius 1 is 1.14 bits per heavy atom. The van der Waals surface area contributed by atoms with Gasteiger partial charge in [-0.2, -0.15) is 0 Å². The maximum Gasteiger partial charge on any atom is 0.309 e. The Hall–Kier alpha value is -1.71. The molecule has 1 aromatic carbocycles. The molecule has 0 radical (unpaired) electrons. The molecule has 204 valence electrons. The van der Waals surface area contributed by atoms with E-state index >= 15 is 0 Å². The predicted molar refractivity (Wildman–Crippen MR) is 143 cm³/mol. The summed E-state index contributed by atoms with van der Waals surface area (Å²) in [5.74, 6) is 0.208. The molecule has 0 spiro atoms. The maximum atomic E-state index is 12.9. The fraction of sp³-hybridized carbons (Fsp3) is 0.679. The summed E-state index contributed by atoms with van der Waals surface area (Å²) in [6.45, 7) is 21.0. The number of rotatable bonds is 12. The number of ether oxygens (including phenoxy) is 5.